The normalized spacial score (nSPS) is 18.2. The minimum absolute atomic E-state index is 0.0328. The van der Waals surface area contributed by atoms with E-state index in [-0.39, 0.29) is 27.6 Å². The maximum Gasteiger partial charge on any atom is 0.328 e. The van der Waals surface area contributed by atoms with Crippen LogP contribution in [0.1, 0.15) is 150 Å². The van der Waals surface area contributed by atoms with Gasteiger partial charge in [0, 0.05) is 12.0 Å². The van der Waals surface area contributed by atoms with E-state index in [0.29, 0.717) is 5.92 Å². The predicted molar refractivity (Wildman–Crippen MR) is 171 cm³/mol. The van der Waals surface area contributed by atoms with Gasteiger partial charge in [-0.05, 0) is 87.2 Å². The third-order valence-corrected chi connectivity index (χ3v) is 10.7. The van der Waals surface area contributed by atoms with Crippen LogP contribution in [0, 0.1) is 16.7 Å². The lowest BCUT2D eigenvalue weighted by atomic mass is 9.65. The minimum atomic E-state index is -0.900. The van der Waals surface area contributed by atoms with Crippen LogP contribution in [0.3, 0.4) is 0 Å². The molecule has 0 fully saturated rings. The van der Waals surface area contributed by atoms with Crippen molar-refractivity contribution < 1.29 is 9.90 Å². The highest BCUT2D eigenvalue weighted by Gasteiger charge is 2.35. The van der Waals surface area contributed by atoms with E-state index in [1.165, 1.54) is 33.9 Å². The monoisotopic (exact) mass is 534 g/mol. The van der Waals surface area contributed by atoms with Crippen molar-refractivity contribution in [3.8, 4) is 0 Å². The molecule has 0 aromatic heterocycles. The summed E-state index contributed by atoms with van der Waals surface area (Å²) in [5, 5.41) is 9.62. The van der Waals surface area contributed by atoms with Crippen molar-refractivity contribution >= 4 is 12.0 Å². The maximum atomic E-state index is 11.7. The van der Waals surface area contributed by atoms with Crippen LogP contribution in [0.2, 0.25) is 0 Å². The number of benzene rings is 1. The summed E-state index contributed by atoms with van der Waals surface area (Å²) >= 11 is 0. The average Bonchev–Trinajstić information content (AvgIpc) is 2.90. The largest absolute Gasteiger partial charge is 0.478 e. The molecular weight excluding hydrogens is 476 g/mol. The van der Waals surface area contributed by atoms with Gasteiger partial charge in [-0.25, -0.2) is 4.79 Å². The van der Waals surface area contributed by atoms with Crippen molar-refractivity contribution in [2.24, 2.45) is 16.7 Å². The molecule has 0 saturated heterocycles. The van der Waals surface area contributed by atoms with E-state index in [1.807, 2.05) is 6.08 Å². The number of carbonyl (C=O) groups is 1. The van der Waals surface area contributed by atoms with Crippen LogP contribution in [-0.4, -0.2) is 11.1 Å². The fraction of sp³-hybridized carbons (Fsp3) is 0.649. The fourth-order valence-electron chi connectivity index (χ4n) is 5.45. The van der Waals surface area contributed by atoms with Gasteiger partial charge in [0.2, 0.25) is 0 Å². The third-order valence-electron chi connectivity index (χ3n) is 10.7. The van der Waals surface area contributed by atoms with Gasteiger partial charge in [0.15, 0.2) is 0 Å². The first-order valence-corrected chi connectivity index (χ1v) is 15.4. The Morgan fingerprint density at radius 2 is 1.46 bits per heavy atom. The molecule has 218 valence electrons. The topological polar surface area (TPSA) is 37.3 Å². The molecule has 2 heteroatoms. The molecule has 2 nitrogen and oxygen atoms in total. The zero-order chi connectivity index (χ0) is 30.0. The van der Waals surface area contributed by atoms with Gasteiger partial charge < -0.3 is 5.11 Å². The molecule has 1 aromatic carbocycles. The molecule has 2 rings (SSSR count). The van der Waals surface area contributed by atoms with Crippen molar-refractivity contribution in [1.82, 2.24) is 0 Å². The average molecular weight is 535 g/mol. The van der Waals surface area contributed by atoms with Gasteiger partial charge in [-0.1, -0.05) is 126 Å². The van der Waals surface area contributed by atoms with E-state index in [1.54, 1.807) is 0 Å². The Labute approximate surface area is 241 Å². The lowest BCUT2D eigenvalue weighted by Crippen LogP contribution is -2.28. The van der Waals surface area contributed by atoms with Crippen LogP contribution >= 0.6 is 0 Å². The highest BCUT2D eigenvalue weighted by Crippen LogP contribution is 2.48. The lowest BCUT2D eigenvalue weighted by molar-refractivity contribution is -0.131. The van der Waals surface area contributed by atoms with Crippen molar-refractivity contribution in [1.29, 1.82) is 0 Å². The van der Waals surface area contributed by atoms with Crippen molar-refractivity contribution in [2.45, 2.75) is 139 Å². The molecule has 0 spiro atoms. The zero-order valence-electron chi connectivity index (χ0n) is 27.5. The molecule has 39 heavy (non-hydrogen) atoms. The number of aliphatic carboxylic acids is 1. The Balaban J connectivity index is 2.92. The highest BCUT2D eigenvalue weighted by atomic mass is 16.4. The molecule has 0 bridgehead atoms. The van der Waals surface area contributed by atoms with E-state index < -0.39 is 5.97 Å². The summed E-state index contributed by atoms with van der Waals surface area (Å²) in [5.41, 5.74) is 8.16. The minimum Gasteiger partial charge on any atom is -0.478 e. The predicted octanol–water partition coefficient (Wildman–Crippen LogP) is 11.0. The summed E-state index contributed by atoms with van der Waals surface area (Å²) in [7, 11) is 0. The first-order valence-electron chi connectivity index (χ1n) is 15.4. The molecule has 0 radical (unpaired) electrons. The fourth-order valence-corrected chi connectivity index (χ4v) is 5.45. The summed E-state index contributed by atoms with van der Waals surface area (Å²) in [5.74, 6) is -0.238. The van der Waals surface area contributed by atoms with Gasteiger partial charge in [0.05, 0.1) is 0 Å². The first kappa shape index (κ1) is 33.1. The Hall–Kier alpha value is -2.09. The quantitative estimate of drug-likeness (QED) is 0.271. The van der Waals surface area contributed by atoms with Gasteiger partial charge in [0.25, 0.3) is 0 Å². The van der Waals surface area contributed by atoms with Crippen molar-refractivity contribution in [2.75, 3.05) is 0 Å². The number of carboxylic acids is 1. The summed E-state index contributed by atoms with van der Waals surface area (Å²) in [6.07, 6.45) is 13.6. The Morgan fingerprint density at radius 1 is 0.897 bits per heavy atom. The Bertz CT molecular complexity index is 1120. The van der Waals surface area contributed by atoms with Crippen LogP contribution in [-0.2, 0) is 15.6 Å². The number of rotatable bonds is 12. The second-order valence-electron chi connectivity index (χ2n) is 14.6. The van der Waals surface area contributed by atoms with E-state index in [4.69, 9.17) is 0 Å². The van der Waals surface area contributed by atoms with E-state index >= 15 is 0 Å². The summed E-state index contributed by atoms with van der Waals surface area (Å²) in [4.78, 5) is 11.7. The van der Waals surface area contributed by atoms with Crippen molar-refractivity contribution in [3.05, 3.63) is 63.8 Å². The van der Waals surface area contributed by atoms with Gasteiger partial charge in [-0.3, -0.25) is 0 Å². The molecule has 0 heterocycles. The summed E-state index contributed by atoms with van der Waals surface area (Å²) < 4.78 is 0. The van der Waals surface area contributed by atoms with Crippen LogP contribution in [0.4, 0.5) is 0 Å². The number of carboxylic acid groups (broad SMARTS) is 1. The second-order valence-corrected chi connectivity index (χ2v) is 14.6. The molecule has 2 unspecified atom stereocenters. The molecule has 1 aromatic rings. The Kier molecular flexibility index (Phi) is 10.4. The number of allylic oxidation sites excluding steroid dienone is 4. The van der Waals surface area contributed by atoms with E-state index in [9.17, 15) is 9.90 Å². The molecule has 0 amide bonds. The number of hydrogen-bond acceptors (Lipinski definition) is 1. The van der Waals surface area contributed by atoms with E-state index in [2.05, 4.69) is 114 Å². The number of hydrogen-bond donors (Lipinski definition) is 1. The van der Waals surface area contributed by atoms with Gasteiger partial charge in [-0.2, -0.15) is 0 Å². The third kappa shape index (κ3) is 7.36. The molecular formula is C37H58O2. The van der Waals surface area contributed by atoms with Crippen LogP contribution in [0.15, 0.2) is 41.5 Å². The summed E-state index contributed by atoms with van der Waals surface area (Å²) in [6.45, 7) is 30.2. The van der Waals surface area contributed by atoms with Gasteiger partial charge >= 0.3 is 5.97 Å². The standard InChI is InChI=1S/C37H58O2/c1-14-34(6,7)27-20-26(21-28(22-27)35(8,9)15-2)25(5)31-23-29(36(10,11)16-3)24-32(37(12,13)17-4)30(31)18-19-33(38)39/h18-20,22-25,28H,14-17,21H2,1-13H3,(H,38,39). The molecule has 2 atom stereocenters. The Morgan fingerprint density at radius 3 is 1.95 bits per heavy atom. The molecule has 1 N–H and O–H groups in total. The van der Waals surface area contributed by atoms with Crippen LogP contribution in [0.5, 0.6) is 0 Å². The second kappa shape index (κ2) is 12.2. The van der Waals surface area contributed by atoms with Gasteiger partial charge in [0.1, 0.15) is 0 Å². The molecule has 0 saturated carbocycles. The smallest absolute Gasteiger partial charge is 0.328 e. The molecule has 1 aliphatic rings. The van der Waals surface area contributed by atoms with E-state index in [0.717, 1.165) is 37.7 Å². The lowest BCUT2D eigenvalue weighted by Gasteiger charge is -2.40. The zero-order valence-corrected chi connectivity index (χ0v) is 27.5. The molecule has 1 aliphatic carbocycles. The summed E-state index contributed by atoms with van der Waals surface area (Å²) in [6, 6.07) is 4.77. The van der Waals surface area contributed by atoms with Gasteiger partial charge in [-0.15, -0.1) is 0 Å². The maximum absolute atomic E-state index is 11.7. The SMILES string of the molecule is CCC(C)(C)C1=CC(C(C)(C)CC)CC(C(C)c2cc(C(C)(C)CC)cc(C(C)(C)CC)c2C=CC(=O)O)=C1. The van der Waals surface area contributed by atoms with Crippen LogP contribution in [0.25, 0.3) is 6.08 Å². The van der Waals surface area contributed by atoms with Crippen LogP contribution < -0.4 is 0 Å². The highest BCUT2D eigenvalue weighted by molar-refractivity contribution is 5.86. The van der Waals surface area contributed by atoms with Crippen molar-refractivity contribution in [3.63, 3.8) is 0 Å². The molecule has 0 aliphatic heterocycles. The first-order chi connectivity index (χ1) is 17.9.